The molecule has 2 rings (SSSR count). The van der Waals surface area contributed by atoms with Crippen molar-refractivity contribution in [1.29, 1.82) is 0 Å². The maximum atomic E-state index is 13.3. The minimum atomic E-state index is -4.63. The van der Waals surface area contributed by atoms with Crippen molar-refractivity contribution in [2.45, 2.75) is 64.8 Å². The van der Waals surface area contributed by atoms with Crippen LogP contribution in [0.25, 0.3) is 0 Å². The van der Waals surface area contributed by atoms with Crippen LogP contribution in [0, 0.1) is 0 Å². The molecule has 1 N–H and O–H groups in total. The molecule has 2 amide bonds. The van der Waals surface area contributed by atoms with Crippen LogP contribution >= 0.6 is 15.9 Å². The van der Waals surface area contributed by atoms with Gasteiger partial charge in [-0.15, -0.1) is 0 Å². The van der Waals surface area contributed by atoms with Crippen LogP contribution in [0.5, 0.6) is 0 Å². The highest BCUT2D eigenvalue weighted by atomic mass is 79.9. The van der Waals surface area contributed by atoms with Crippen molar-refractivity contribution in [2.24, 2.45) is 0 Å². The summed E-state index contributed by atoms with van der Waals surface area (Å²) < 4.78 is 66.0. The lowest BCUT2D eigenvalue weighted by Crippen LogP contribution is -2.52. The first kappa shape index (κ1) is 31.6. The van der Waals surface area contributed by atoms with Crippen LogP contribution in [0.15, 0.2) is 53.0 Å². The summed E-state index contributed by atoms with van der Waals surface area (Å²) in [6.45, 7) is 7.03. The van der Waals surface area contributed by atoms with Gasteiger partial charge in [0.15, 0.2) is 0 Å². The molecule has 2 aromatic rings. The first-order chi connectivity index (χ1) is 17.4. The van der Waals surface area contributed by atoms with Gasteiger partial charge in [-0.3, -0.25) is 13.9 Å². The van der Waals surface area contributed by atoms with E-state index in [9.17, 15) is 31.2 Å². The van der Waals surface area contributed by atoms with E-state index in [1.54, 1.807) is 6.92 Å². The minimum Gasteiger partial charge on any atom is -0.350 e. The zero-order chi connectivity index (χ0) is 28.9. The van der Waals surface area contributed by atoms with Crippen LogP contribution < -0.4 is 9.62 Å². The van der Waals surface area contributed by atoms with E-state index in [0.717, 1.165) is 38.8 Å². The van der Waals surface area contributed by atoms with Gasteiger partial charge in [-0.25, -0.2) is 8.42 Å². The topological polar surface area (TPSA) is 86.8 Å². The first-order valence-corrected chi connectivity index (χ1v) is 14.5. The Morgan fingerprint density at radius 1 is 1.05 bits per heavy atom. The minimum absolute atomic E-state index is 0.0343. The van der Waals surface area contributed by atoms with Crippen LogP contribution in [0.3, 0.4) is 0 Å². The molecule has 0 aliphatic carbocycles. The molecule has 0 unspecified atom stereocenters. The lowest BCUT2D eigenvalue weighted by Gasteiger charge is -2.32. The third kappa shape index (κ3) is 9.61. The highest BCUT2D eigenvalue weighted by Crippen LogP contribution is 2.32. The highest BCUT2D eigenvalue weighted by molar-refractivity contribution is 9.10. The van der Waals surface area contributed by atoms with Gasteiger partial charge in [-0.1, -0.05) is 34.1 Å². The molecule has 0 aromatic heterocycles. The number of hydrogen-bond acceptors (Lipinski definition) is 4. The molecule has 38 heavy (non-hydrogen) atoms. The number of nitrogens with zero attached hydrogens (tertiary/aromatic N) is 2. The summed E-state index contributed by atoms with van der Waals surface area (Å²) in [7, 11) is -3.93. The average molecular weight is 621 g/mol. The summed E-state index contributed by atoms with van der Waals surface area (Å²) >= 11 is 3.36. The van der Waals surface area contributed by atoms with E-state index < -0.39 is 33.3 Å². The van der Waals surface area contributed by atoms with Gasteiger partial charge < -0.3 is 10.2 Å². The second-order valence-electron chi connectivity index (χ2n) is 10.1. The van der Waals surface area contributed by atoms with Crippen LogP contribution in [0.2, 0.25) is 0 Å². The molecule has 2 aromatic carbocycles. The molecular weight excluding hydrogens is 587 g/mol. The zero-order valence-corrected chi connectivity index (χ0v) is 24.4. The number of anilines is 1. The van der Waals surface area contributed by atoms with Gasteiger partial charge in [0.1, 0.15) is 6.04 Å². The van der Waals surface area contributed by atoms with Crippen molar-refractivity contribution in [3.05, 3.63) is 64.1 Å². The molecule has 0 saturated carbocycles. The number of alkyl halides is 3. The Morgan fingerprint density at radius 2 is 1.66 bits per heavy atom. The summed E-state index contributed by atoms with van der Waals surface area (Å²) in [5.74, 6) is -0.730. The second kappa shape index (κ2) is 12.5. The first-order valence-electron chi connectivity index (χ1n) is 11.9. The van der Waals surface area contributed by atoms with E-state index in [4.69, 9.17) is 0 Å². The van der Waals surface area contributed by atoms with Gasteiger partial charge >= 0.3 is 6.18 Å². The standard InChI is InChI=1S/C26H33BrF3N3O4S/c1-18(24(35)31-25(2,3)4)32(17-19-11-13-21(27)14-12-19)23(34)10-7-15-33(38(5,36)37)22-9-6-8-20(16-22)26(28,29)30/h6,8-9,11-14,16,18H,7,10,15,17H2,1-5H3,(H,31,35)/t18-/m1/s1. The highest BCUT2D eigenvalue weighted by Gasteiger charge is 2.32. The van der Waals surface area contributed by atoms with Gasteiger partial charge in [-0.2, -0.15) is 13.2 Å². The third-order valence-corrected chi connectivity index (χ3v) is 7.27. The van der Waals surface area contributed by atoms with Gasteiger partial charge in [0.25, 0.3) is 0 Å². The lowest BCUT2D eigenvalue weighted by atomic mass is 10.1. The van der Waals surface area contributed by atoms with Crippen molar-refractivity contribution in [1.82, 2.24) is 10.2 Å². The zero-order valence-electron chi connectivity index (χ0n) is 22.0. The Bertz CT molecular complexity index is 1230. The Morgan fingerprint density at radius 3 is 2.18 bits per heavy atom. The van der Waals surface area contributed by atoms with Crippen molar-refractivity contribution in [2.75, 3.05) is 17.1 Å². The quantitative estimate of drug-likeness (QED) is 0.389. The molecule has 0 aliphatic rings. The summed E-state index contributed by atoms with van der Waals surface area (Å²) in [5, 5.41) is 2.86. The van der Waals surface area contributed by atoms with E-state index in [0.29, 0.717) is 0 Å². The van der Waals surface area contributed by atoms with E-state index in [2.05, 4.69) is 21.2 Å². The molecular formula is C26H33BrF3N3O4S. The fourth-order valence-electron chi connectivity index (χ4n) is 3.68. The van der Waals surface area contributed by atoms with Gasteiger partial charge in [-0.05, 0) is 70.0 Å². The second-order valence-corrected chi connectivity index (χ2v) is 12.9. The summed E-state index contributed by atoms with van der Waals surface area (Å²) in [5.41, 5.74) is -0.837. The molecule has 1 atom stereocenters. The Hall–Kier alpha value is -2.60. The summed E-state index contributed by atoms with van der Waals surface area (Å²) in [6, 6.07) is 10.5. The molecule has 0 fully saturated rings. The van der Waals surface area contributed by atoms with Crippen molar-refractivity contribution in [3.8, 4) is 0 Å². The molecule has 0 aliphatic heterocycles. The fourth-order valence-corrected chi connectivity index (χ4v) is 4.91. The number of carbonyl (C=O) groups excluding carboxylic acids is 2. The van der Waals surface area contributed by atoms with Crippen molar-refractivity contribution >= 4 is 43.5 Å². The Kier molecular flexibility index (Phi) is 10.4. The molecule has 7 nitrogen and oxygen atoms in total. The Balaban J connectivity index is 2.23. The van der Waals surface area contributed by atoms with Gasteiger partial charge in [0.2, 0.25) is 21.8 Å². The van der Waals surface area contributed by atoms with Crippen LogP contribution in [-0.4, -0.2) is 49.5 Å². The number of carbonyl (C=O) groups is 2. The largest absolute Gasteiger partial charge is 0.416 e. The molecule has 0 bridgehead atoms. The number of benzene rings is 2. The van der Waals surface area contributed by atoms with Crippen LogP contribution in [-0.2, 0) is 32.3 Å². The molecule has 210 valence electrons. The normalized spacial score (nSPS) is 13.1. The predicted molar refractivity (Wildman–Crippen MR) is 145 cm³/mol. The molecule has 0 heterocycles. The van der Waals surface area contributed by atoms with Crippen molar-refractivity contribution in [3.63, 3.8) is 0 Å². The maximum Gasteiger partial charge on any atom is 0.416 e. The number of halogens is 4. The SMILES string of the molecule is C[C@H](C(=O)NC(C)(C)C)N(Cc1ccc(Br)cc1)C(=O)CCCN(c1cccc(C(F)(F)F)c1)S(C)(=O)=O. The summed E-state index contributed by atoms with van der Waals surface area (Å²) in [4.78, 5) is 27.6. The van der Waals surface area contributed by atoms with Crippen LogP contribution in [0.4, 0.5) is 18.9 Å². The number of amides is 2. The lowest BCUT2D eigenvalue weighted by molar-refractivity contribution is -0.141. The number of hydrogen-bond donors (Lipinski definition) is 1. The van der Waals surface area contributed by atoms with Gasteiger partial charge in [0, 0.05) is 29.5 Å². The smallest absolute Gasteiger partial charge is 0.350 e. The monoisotopic (exact) mass is 619 g/mol. The predicted octanol–water partition coefficient (Wildman–Crippen LogP) is 5.35. The molecule has 0 saturated heterocycles. The van der Waals surface area contributed by atoms with Crippen LogP contribution in [0.1, 0.15) is 51.7 Å². The van der Waals surface area contributed by atoms with E-state index in [1.807, 2.05) is 45.0 Å². The van der Waals surface area contributed by atoms with E-state index >= 15 is 0 Å². The Labute approximate surface area is 230 Å². The molecule has 0 spiro atoms. The van der Waals surface area contributed by atoms with E-state index in [-0.39, 0.29) is 43.4 Å². The van der Waals surface area contributed by atoms with E-state index in [1.165, 1.54) is 11.0 Å². The fraction of sp³-hybridized carbons (Fsp3) is 0.462. The molecule has 12 heteroatoms. The molecule has 0 radical (unpaired) electrons. The number of nitrogens with one attached hydrogen (secondary N) is 1. The third-order valence-electron chi connectivity index (χ3n) is 5.55. The summed E-state index contributed by atoms with van der Waals surface area (Å²) in [6.07, 6.45) is -3.82. The average Bonchev–Trinajstić information content (AvgIpc) is 2.78. The number of rotatable bonds is 10. The maximum absolute atomic E-state index is 13.3. The van der Waals surface area contributed by atoms with Crippen molar-refractivity contribution < 1.29 is 31.2 Å². The van der Waals surface area contributed by atoms with Gasteiger partial charge in [0.05, 0.1) is 17.5 Å². The number of sulfonamides is 1.